The molecule has 0 amide bonds. The molecule has 4 nitrogen and oxygen atoms in total. The molecule has 0 radical (unpaired) electrons. The molecular weight excluding hydrogens is 154 g/mol. The monoisotopic (exact) mass is 172 g/mol. The lowest BCUT2D eigenvalue weighted by molar-refractivity contribution is 0.269. The van der Waals surface area contributed by atoms with Crippen LogP contribution in [0, 0.1) is 5.21 Å². The van der Waals surface area contributed by atoms with Crippen LogP contribution in [0.3, 0.4) is 0 Å². The fourth-order valence-corrected chi connectivity index (χ4v) is 0.923. The van der Waals surface area contributed by atoms with Crippen LogP contribution in [0.1, 0.15) is 13.8 Å². The van der Waals surface area contributed by atoms with Crippen LogP contribution in [0.25, 0.3) is 0 Å². The van der Waals surface area contributed by atoms with Crippen molar-refractivity contribution in [2.75, 3.05) is 26.2 Å². The maximum atomic E-state index is 10.6. The van der Waals surface area contributed by atoms with E-state index in [1.165, 1.54) is 6.20 Å². The van der Waals surface area contributed by atoms with Gasteiger partial charge >= 0.3 is 0 Å². The van der Waals surface area contributed by atoms with Crippen molar-refractivity contribution in [3.8, 4) is 0 Å². The number of hydrogen-bond donors (Lipinski definition) is 1. The number of rotatable bonds is 7. The summed E-state index contributed by atoms with van der Waals surface area (Å²) in [5.41, 5.74) is 2.65. The van der Waals surface area contributed by atoms with Crippen LogP contribution >= 0.6 is 0 Å². The zero-order chi connectivity index (χ0) is 9.40. The third kappa shape index (κ3) is 5.12. The van der Waals surface area contributed by atoms with Crippen molar-refractivity contribution in [1.82, 2.24) is 15.5 Å². The maximum Gasteiger partial charge on any atom is 0.0269 e. The summed E-state index contributed by atoms with van der Waals surface area (Å²) in [7, 11) is 0. The van der Waals surface area contributed by atoms with Crippen molar-refractivity contribution in [3.05, 3.63) is 18.0 Å². The Morgan fingerprint density at radius 1 is 1.42 bits per heavy atom. The van der Waals surface area contributed by atoms with Gasteiger partial charge in [-0.15, -0.1) is 0 Å². The van der Waals surface area contributed by atoms with E-state index in [1.807, 2.05) is 0 Å². The predicted molar refractivity (Wildman–Crippen MR) is 51.2 cm³/mol. The van der Waals surface area contributed by atoms with Gasteiger partial charge in [0.15, 0.2) is 0 Å². The van der Waals surface area contributed by atoms with Gasteiger partial charge in [0.1, 0.15) is 0 Å². The van der Waals surface area contributed by atoms with Crippen LogP contribution in [0.15, 0.2) is 12.8 Å². The Hall–Kier alpha value is -0.580. The van der Waals surface area contributed by atoms with Gasteiger partial charge < -0.3 is 15.3 Å². The van der Waals surface area contributed by atoms with Gasteiger partial charge in [0.05, 0.1) is 0 Å². The molecule has 0 aliphatic rings. The fourth-order valence-electron chi connectivity index (χ4n) is 0.923. The van der Waals surface area contributed by atoms with Crippen LogP contribution < -0.4 is 5.43 Å². The van der Waals surface area contributed by atoms with Crippen molar-refractivity contribution < 1.29 is 0 Å². The van der Waals surface area contributed by atoms with Crippen molar-refractivity contribution >= 4 is 0 Å². The lowest BCUT2D eigenvalue weighted by Crippen LogP contribution is -2.36. The van der Waals surface area contributed by atoms with Crippen molar-refractivity contribution in [1.29, 1.82) is 0 Å². The van der Waals surface area contributed by atoms with Crippen LogP contribution in [-0.2, 0) is 0 Å². The van der Waals surface area contributed by atoms with Crippen LogP contribution in [-0.4, -0.2) is 36.3 Å². The highest BCUT2D eigenvalue weighted by Gasteiger charge is 1.96. The van der Waals surface area contributed by atoms with E-state index in [9.17, 15) is 5.21 Å². The molecule has 0 aromatic rings. The van der Waals surface area contributed by atoms with Crippen molar-refractivity contribution in [2.45, 2.75) is 13.8 Å². The zero-order valence-electron chi connectivity index (χ0n) is 7.92. The Bertz CT molecular complexity index is 115. The Labute approximate surface area is 74.4 Å². The lowest BCUT2D eigenvalue weighted by atomic mass is 10.5. The third-order valence-corrected chi connectivity index (χ3v) is 1.76. The van der Waals surface area contributed by atoms with Crippen LogP contribution in [0.4, 0.5) is 0 Å². The second-order valence-corrected chi connectivity index (χ2v) is 2.44. The van der Waals surface area contributed by atoms with E-state index in [4.69, 9.17) is 0 Å². The molecule has 0 saturated carbocycles. The molecule has 0 bridgehead atoms. The second-order valence-electron chi connectivity index (χ2n) is 2.44. The third-order valence-electron chi connectivity index (χ3n) is 1.76. The summed E-state index contributed by atoms with van der Waals surface area (Å²) in [6.45, 7) is 11.1. The minimum absolute atomic E-state index is 0.628. The maximum absolute atomic E-state index is 10.6. The van der Waals surface area contributed by atoms with Crippen molar-refractivity contribution in [2.24, 2.45) is 0 Å². The molecule has 0 aromatic carbocycles. The molecule has 12 heavy (non-hydrogen) atoms. The molecule has 4 heteroatoms. The standard InChI is InChI=1S/C8H18N3O/c1-4-10(5-2)8-7-9-11(12)6-3/h6,9H,3-5,7-8H2,1-2H3/q-1. The molecule has 0 fully saturated rings. The second kappa shape index (κ2) is 7.09. The largest absolute Gasteiger partial charge is 0.744 e. The summed E-state index contributed by atoms with van der Waals surface area (Å²) in [5, 5.41) is 11.3. The Kier molecular flexibility index (Phi) is 6.75. The first-order chi connectivity index (χ1) is 5.74. The Balaban J connectivity index is 3.34. The number of hydrogen-bond acceptors (Lipinski definition) is 4. The van der Waals surface area contributed by atoms with E-state index in [-0.39, 0.29) is 0 Å². The minimum Gasteiger partial charge on any atom is -0.744 e. The van der Waals surface area contributed by atoms with Gasteiger partial charge in [0, 0.05) is 13.1 Å². The summed E-state index contributed by atoms with van der Waals surface area (Å²) in [4.78, 5) is 2.24. The van der Waals surface area contributed by atoms with E-state index >= 15 is 0 Å². The van der Waals surface area contributed by atoms with Gasteiger partial charge in [-0.05, 0) is 19.3 Å². The van der Waals surface area contributed by atoms with Gasteiger partial charge in [0.25, 0.3) is 0 Å². The Morgan fingerprint density at radius 3 is 2.42 bits per heavy atom. The molecule has 0 saturated heterocycles. The smallest absolute Gasteiger partial charge is 0.0269 e. The topological polar surface area (TPSA) is 41.6 Å². The van der Waals surface area contributed by atoms with Gasteiger partial charge in [-0.2, -0.15) is 0 Å². The molecule has 0 aliphatic carbocycles. The molecule has 0 rings (SSSR count). The molecule has 0 aromatic heterocycles. The highest BCUT2D eigenvalue weighted by molar-refractivity contribution is 4.67. The first-order valence-electron chi connectivity index (χ1n) is 4.29. The van der Waals surface area contributed by atoms with E-state index < -0.39 is 0 Å². The number of hydroxylamine groups is 1. The van der Waals surface area contributed by atoms with Gasteiger partial charge in [-0.1, -0.05) is 20.4 Å². The summed E-state index contributed by atoms with van der Waals surface area (Å²) >= 11 is 0. The Morgan fingerprint density at radius 2 is 2.00 bits per heavy atom. The predicted octanol–water partition coefficient (Wildman–Crippen LogP) is 0.776. The highest BCUT2D eigenvalue weighted by Crippen LogP contribution is 1.84. The number of nitrogens with zero attached hydrogens (tertiary/aromatic N) is 2. The zero-order valence-corrected chi connectivity index (χ0v) is 7.92. The van der Waals surface area contributed by atoms with E-state index in [2.05, 4.69) is 30.8 Å². The fraction of sp³-hybridized carbons (Fsp3) is 0.750. The summed E-state index contributed by atoms with van der Waals surface area (Å²) in [6, 6.07) is 0. The summed E-state index contributed by atoms with van der Waals surface area (Å²) in [6.07, 6.45) is 1.21. The van der Waals surface area contributed by atoms with E-state index in [0.29, 0.717) is 11.7 Å². The SMILES string of the molecule is C=CN([O-])NCCN(CC)CC. The molecule has 0 spiro atoms. The summed E-state index contributed by atoms with van der Waals surface area (Å²) in [5.74, 6) is 0. The number of nitrogens with one attached hydrogen (secondary N) is 1. The molecule has 0 atom stereocenters. The normalized spacial score (nSPS) is 10.3. The molecule has 0 heterocycles. The van der Waals surface area contributed by atoms with E-state index in [0.717, 1.165) is 19.6 Å². The summed E-state index contributed by atoms with van der Waals surface area (Å²) < 4.78 is 0. The molecule has 0 unspecified atom stereocenters. The molecular formula is C8H18N3O-. The highest BCUT2D eigenvalue weighted by atomic mass is 16.5. The average Bonchev–Trinajstić information content (AvgIpc) is 2.12. The minimum atomic E-state index is 0.628. The van der Waals surface area contributed by atoms with Crippen molar-refractivity contribution in [3.63, 3.8) is 0 Å². The molecule has 72 valence electrons. The number of likely N-dealkylation sites (N-methyl/N-ethyl adjacent to an activating group) is 1. The molecule has 0 aliphatic heterocycles. The molecule has 1 N–H and O–H groups in total. The van der Waals surface area contributed by atoms with Crippen LogP contribution in [0.2, 0.25) is 0 Å². The van der Waals surface area contributed by atoms with Gasteiger partial charge in [0.2, 0.25) is 0 Å². The van der Waals surface area contributed by atoms with E-state index in [1.54, 1.807) is 0 Å². The first-order valence-corrected chi connectivity index (χ1v) is 4.29. The number of hydrazine groups is 1. The van der Waals surface area contributed by atoms with Gasteiger partial charge in [-0.25, -0.2) is 5.43 Å². The lowest BCUT2D eigenvalue weighted by Gasteiger charge is -2.28. The first kappa shape index (κ1) is 11.4. The van der Waals surface area contributed by atoms with Gasteiger partial charge in [-0.3, -0.25) is 0 Å². The van der Waals surface area contributed by atoms with Crippen LogP contribution in [0.5, 0.6) is 0 Å². The quantitative estimate of drug-likeness (QED) is 0.576. The average molecular weight is 172 g/mol.